The molecule has 34 heavy (non-hydrogen) atoms. The number of esters is 1. The van der Waals surface area contributed by atoms with Gasteiger partial charge in [-0.25, -0.2) is 9.59 Å². The zero-order valence-electron chi connectivity index (χ0n) is 19.9. The Morgan fingerprint density at radius 2 is 1.76 bits per heavy atom. The molecule has 0 bridgehead atoms. The molecule has 1 aromatic heterocycles. The third-order valence-electron chi connectivity index (χ3n) is 5.04. The van der Waals surface area contributed by atoms with Crippen LogP contribution < -0.4 is 20.2 Å². The number of alkyl carbamates (subject to hydrolysis) is 1. The number of carbonyl (C=O) groups excluding carboxylic acids is 2. The molecule has 3 aromatic rings. The van der Waals surface area contributed by atoms with Gasteiger partial charge in [-0.3, -0.25) is 4.79 Å². The molecule has 3 rings (SSSR count). The molecule has 0 aliphatic carbocycles. The lowest BCUT2D eigenvalue weighted by Crippen LogP contribution is -2.48. The summed E-state index contributed by atoms with van der Waals surface area (Å²) in [4.78, 5) is 37.9. The number of amides is 1. The van der Waals surface area contributed by atoms with Gasteiger partial charge in [0.1, 0.15) is 35.0 Å². The van der Waals surface area contributed by atoms with Gasteiger partial charge in [0.25, 0.3) is 0 Å². The Balaban J connectivity index is 1.78. The first-order chi connectivity index (χ1) is 16.1. The number of hydrogen-bond acceptors (Lipinski definition) is 7. The van der Waals surface area contributed by atoms with E-state index in [0.717, 1.165) is 0 Å². The number of hydrogen-bond donors (Lipinski definition) is 1. The number of rotatable bonds is 7. The second-order valence-electron chi connectivity index (χ2n) is 8.93. The molecule has 1 amide bonds. The van der Waals surface area contributed by atoms with Gasteiger partial charge in [-0.05, 0) is 51.0 Å². The van der Waals surface area contributed by atoms with Crippen molar-refractivity contribution in [1.29, 1.82) is 0 Å². The summed E-state index contributed by atoms with van der Waals surface area (Å²) >= 11 is 0. The third kappa shape index (κ3) is 6.37. The van der Waals surface area contributed by atoms with Gasteiger partial charge < -0.3 is 23.9 Å². The SMILES string of the molecule is CCC(C)[C@@H](NC(=O)OC(C)(C)C)C(=O)Oc1ccc2c(=O)c(Oc3ccccc3)coc2c1. The van der Waals surface area contributed by atoms with Crippen LogP contribution in [0.3, 0.4) is 0 Å². The van der Waals surface area contributed by atoms with Crippen molar-refractivity contribution in [3.05, 3.63) is 65.0 Å². The molecule has 0 radical (unpaired) electrons. The topological polar surface area (TPSA) is 104 Å². The van der Waals surface area contributed by atoms with E-state index in [1.807, 2.05) is 19.9 Å². The molecule has 0 aliphatic rings. The quantitative estimate of drug-likeness (QED) is 0.365. The molecular weight excluding hydrogens is 438 g/mol. The standard InChI is InChI=1S/C26H29NO7/c1-6-16(2)22(27-25(30)34-26(3,4)5)24(29)33-18-12-13-19-20(14-18)31-15-21(23(19)28)32-17-10-8-7-9-11-17/h7-16,22H,6H2,1-5H3,(H,27,30)/t16?,22-/m1/s1. The number of nitrogens with one attached hydrogen (secondary N) is 1. The fraction of sp³-hybridized carbons (Fsp3) is 0.346. The molecule has 0 spiro atoms. The number of fused-ring (bicyclic) bond motifs is 1. The largest absolute Gasteiger partial charge is 0.460 e. The Morgan fingerprint density at radius 3 is 2.41 bits per heavy atom. The van der Waals surface area contributed by atoms with Crippen LogP contribution in [-0.4, -0.2) is 23.7 Å². The van der Waals surface area contributed by atoms with Crippen LogP contribution in [0.15, 0.2) is 64.0 Å². The predicted octanol–water partition coefficient (Wildman–Crippen LogP) is 5.43. The lowest BCUT2D eigenvalue weighted by molar-refractivity contribution is -0.138. The Bertz CT molecular complexity index is 1210. The lowest BCUT2D eigenvalue weighted by atomic mass is 9.99. The second kappa shape index (κ2) is 10.4. The summed E-state index contributed by atoms with van der Waals surface area (Å²) in [5.74, 6) is -0.117. The number of benzene rings is 2. The second-order valence-corrected chi connectivity index (χ2v) is 8.93. The van der Waals surface area contributed by atoms with Gasteiger partial charge in [-0.1, -0.05) is 38.5 Å². The van der Waals surface area contributed by atoms with Crippen LogP contribution in [0.5, 0.6) is 17.2 Å². The fourth-order valence-electron chi connectivity index (χ4n) is 3.12. The van der Waals surface area contributed by atoms with Gasteiger partial charge in [0.05, 0.1) is 5.39 Å². The van der Waals surface area contributed by atoms with Gasteiger partial charge in [0.15, 0.2) is 0 Å². The average Bonchev–Trinajstić information content (AvgIpc) is 2.78. The molecule has 8 nitrogen and oxygen atoms in total. The monoisotopic (exact) mass is 467 g/mol. The Morgan fingerprint density at radius 1 is 1.06 bits per heavy atom. The predicted molar refractivity (Wildman–Crippen MR) is 127 cm³/mol. The van der Waals surface area contributed by atoms with Crippen molar-refractivity contribution >= 4 is 23.0 Å². The highest BCUT2D eigenvalue weighted by atomic mass is 16.6. The van der Waals surface area contributed by atoms with Crippen molar-refractivity contribution in [2.24, 2.45) is 5.92 Å². The molecule has 2 aromatic carbocycles. The lowest BCUT2D eigenvalue weighted by Gasteiger charge is -2.25. The van der Waals surface area contributed by atoms with Crippen LogP contribution >= 0.6 is 0 Å². The highest BCUT2D eigenvalue weighted by Gasteiger charge is 2.30. The summed E-state index contributed by atoms with van der Waals surface area (Å²) in [5.41, 5.74) is -0.824. The number of carbonyl (C=O) groups is 2. The highest BCUT2D eigenvalue weighted by molar-refractivity contribution is 5.85. The van der Waals surface area contributed by atoms with E-state index in [0.29, 0.717) is 12.2 Å². The zero-order chi connectivity index (χ0) is 24.9. The van der Waals surface area contributed by atoms with Gasteiger partial charge in [0, 0.05) is 6.07 Å². The summed E-state index contributed by atoms with van der Waals surface area (Å²) < 4.78 is 21.9. The van der Waals surface area contributed by atoms with Gasteiger partial charge in [-0.2, -0.15) is 0 Å². The first kappa shape index (κ1) is 24.8. The molecule has 180 valence electrons. The van der Waals surface area contributed by atoms with Crippen molar-refractivity contribution < 1.29 is 28.2 Å². The molecular formula is C26H29NO7. The van der Waals surface area contributed by atoms with Crippen LogP contribution in [0.25, 0.3) is 11.0 Å². The Hall–Kier alpha value is -3.81. The molecule has 0 fully saturated rings. The molecule has 0 saturated carbocycles. The van der Waals surface area contributed by atoms with Gasteiger partial charge in [0.2, 0.25) is 11.2 Å². The molecule has 2 atom stereocenters. The molecule has 0 saturated heterocycles. The van der Waals surface area contributed by atoms with E-state index in [-0.39, 0.29) is 33.8 Å². The summed E-state index contributed by atoms with van der Waals surface area (Å²) in [6.07, 6.45) is 1.15. The van der Waals surface area contributed by atoms with E-state index in [4.69, 9.17) is 18.6 Å². The van der Waals surface area contributed by atoms with Crippen LogP contribution in [0, 0.1) is 5.92 Å². The molecule has 8 heteroatoms. The van der Waals surface area contributed by atoms with E-state index in [1.54, 1.807) is 45.0 Å². The molecule has 1 N–H and O–H groups in total. The van der Waals surface area contributed by atoms with Crippen molar-refractivity contribution in [1.82, 2.24) is 5.32 Å². The van der Waals surface area contributed by atoms with Crippen molar-refractivity contribution in [3.8, 4) is 17.2 Å². The van der Waals surface area contributed by atoms with E-state index < -0.39 is 23.7 Å². The molecule has 0 aliphatic heterocycles. The normalized spacial score (nSPS) is 13.1. The van der Waals surface area contributed by atoms with Crippen LogP contribution in [0.2, 0.25) is 0 Å². The minimum Gasteiger partial charge on any atom is -0.460 e. The molecule has 1 heterocycles. The summed E-state index contributed by atoms with van der Waals surface area (Å²) in [5, 5.41) is 2.87. The first-order valence-corrected chi connectivity index (χ1v) is 11.1. The highest BCUT2D eigenvalue weighted by Crippen LogP contribution is 2.24. The third-order valence-corrected chi connectivity index (χ3v) is 5.04. The van der Waals surface area contributed by atoms with Crippen LogP contribution in [0.1, 0.15) is 41.0 Å². The summed E-state index contributed by atoms with van der Waals surface area (Å²) in [7, 11) is 0. The minimum absolute atomic E-state index is 0.0434. The van der Waals surface area contributed by atoms with E-state index in [1.165, 1.54) is 24.5 Å². The van der Waals surface area contributed by atoms with E-state index >= 15 is 0 Å². The van der Waals surface area contributed by atoms with E-state index in [9.17, 15) is 14.4 Å². The number of para-hydroxylation sites is 1. The zero-order valence-corrected chi connectivity index (χ0v) is 19.9. The molecule has 1 unspecified atom stereocenters. The van der Waals surface area contributed by atoms with Crippen molar-refractivity contribution in [3.63, 3.8) is 0 Å². The summed E-state index contributed by atoms with van der Waals surface area (Å²) in [6, 6.07) is 12.4. The average molecular weight is 468 g/mol. The van der Waals surface area contributed by atoms with Crippen LogP contribution in [-0.2, 0) is 9.53 Å². The smallest absolute Gasteiger partial charge is 0.408 e. The van der Waals surface area contributed by atoms with Gasteiger partial charge in [-0.15, -0.1) is 0 Å². The maximum absolute atomic E-state index is 12.9. The summed E-state index contributed by atoms with van der Waals surface area (Å²) in [6.45, 7) is 8.95. The van der Waals surface area contributed by atoms with Gasteiger partial charge >= 0.3 is 12.1 Å². The Labute approximate surface area is 197 Å². The maximum Gasteiger partial charge on any atom is 0.408 e. The number of ether oxygens (including phenoxy) is 3. The maximum atomic E-state index is 12.9. The van der Waals surface area contributed by atoms with Crippen molar-refractivity contribution in [2.75, 3.05) is 0 Å². The van der Waals surface area contributed by atoms with Crippen LogP contribution in [0.4, 0.5) is 4.79 Å². The first-order valence-electron chi connectivity index (χ1n) is 11.1. The fourth-order valence-corrected chi connectivity index (χ4v) is 3.12. The van der Waals surface area contributed by atoms with E-state index in [2.05, 4.69) is 5.32 Å². The van der Waals surface area contributed by atoms with Crippen molar-refractivity contribution in [2.45, 2.75) is 52.7 Å². The minimum atomic E-state index is -0.913. The Kier molecular flexibility index (Phi) is 7.61.